The Kier molecular flexibility index (Phi) is 4.23. The van der Waals surface area contributed by atoms with Crippen LogP contribution in [0.25, 0.3) is 0 Å². The van der Waals surface area contributed by atoms with Crippen molar-refractivity contribution in [1.29, 1.82) is 0 Å². The predicted molar refractivity (Wildman–Crippen MR) is 72.1 cm³/mol. The Labute approximate surface area is 111 Å². The average Bonchev–Trinajstić information content (AvgIpc) is 2.35. The lowest BCUT2D eigenvalue weighted by molar-refractivity contribution is -0.0100. The van der Waals surface area contributed by atoms with E-state index in [-0.39, 0.29) is 5.92 Å². The zero-order chi connectivity index (χ0) is 12.4. The van der Waals surface area contributed by atoms with E-state index < -0.39 is 6.10 Å². The highest BCUT2D eigenvalue weighted by Crippen LogP contribution is 2.32. The monoisotopic (exact) mass is 298 g/mol. The van der Waals surface area contributed by atoms with Crippen LogP contribution in [0.1, 0.15) is 35.6 Å². The summed E-state index contributed by atoms with van der Waals surface area (Å²) in [7, 11) is 0. The molecule has 0 aliphatic carbocycles. The third-order valence-corrected chi connectivity index (χ3v) is 4.69. The van der Waals surface area contributed by atoms with Crippen molar-refractivity contribution in [2.45, 2.75) is 32.8 Å². The van der Waals surface area contributed by atoms with Gasteiger partial charge < -0.3 is 9.84 Å². The van der Waals surface area contributed by atoms with Gasteiger partial charge in [0, 0.05) is 17.0 Å². The van der Waals surface area contributed by atoms with Crippen molar-refractivity contribution in [2.75, 3.05) is 13.2 Å². The molecule has 17 heavy (non-hydrogen) atoms. The maximum absolute atomic E-state index is 10.4. The van der Waals surface area contributed by atoms with E-state index in [2.05, 4.69) is 41.9 Å². The molecule has 1 fully saturated rings. The molecule has 0 saturated carbocycles. The molecule has 1 aliphatic heterocycles. The van der Waals surface area contributed by atoms with Crippen LogP contribution in [0.5, 0.6) is 0 Å². The van der Waals surface area contributed by atoms with E-state index in [0.29, 0.717) is 6.61 Å². The lowest BCUT2D eigenvalue weighted by atomic mass is 9.90. The molecule has 1 N–H and O–H groups in total. The topological polar surface area (TPSA) is 29.5 Å². The van der Waals surface area contributed by atoms with E-state index in [1.54, 1.807) is 0 Å². The average molecular weight is 299 g/mol. The fourth-order valence-electron chi connectivity index (χ4n) is 2.44. The van der Waals surface area contributed by atoms with Gasteiger partial charge in [0.15, 0.2) is 0 Å². The summed E-state index contributed by atoms with van der Waals surface area (Å²) in [5, 5.41) is 10.4. The van der Waals surface area contributed by atoms with Gasteiger partial charge in [-0.15, -0.1) is 0 Å². The molecule has 0 aromatic heterocycles. The van der Waals surface area contributed by atoms with Crippen LogP contribution >= 0.6 is 15.9 Å². The second-order valence-corrected chi connectivity index (χ2v) is 5.68. The molecule has 94 valence electrons. The van der Waals surface area contributed by atoms with Crippen LogP contribution < -0.4 is 0 Å². The van der Waals surface area contributed by atoms with Crippen LogP contribution in [0.2, 0.25) is 0 Å². The predicted octanol–water partition coefficient (Wildman–Crippen LogP) is 3.53. The summed E-state index contributed by atoms with van der Waals surface area (Å²) < 4.78 is 6.57. The van der Waals surface area contributed by atoms with Crippen molar-refractivity contribution >= 4 is 15.9 Å². The fourth-order valence-corrected chi connectivity index (χ4v) is 2.67. The summed E-state index contributed by atoms with van der Waals surface area (Å²) >= 11 is 3.55. The minimum Gasteiger partial charge on any atom is -0.388 e. The highest BCUT2D eigenvalue weighted by molar-refractivity contribution is 9.10. The van der Waals surface area contributed by atoms with E-state index >= 15 is 0 Å². The lowest BCUT2D eigenvalue weighted by Gasteiger charge is -2.27. The van der Waals surface area contributed by atoms with Crippen LogP contribution in [-0.4, -0.2) is 18.3 Å². The van der Waals surface area contributed by atoms with Crippen LogP contribution in [0, 0.1) is 19.8 Å². The Bertz CT molecular complexity index is 374. The van der Waals surface area contributed by atoms with Gasteiger partial charge in [0.25, 0.3) is 0 Å². The van der Waals surface area contributed by atoms with Gasteiger partial charge in [-0.2, -0.15) is 0 Å². The van der Waals surface area contributed by atoms with Gasteiger partial charge in [0.1, 0.15) is 0 Å². The maximum atomic E-state index is 10.4. The Morgan fingerprint density at radius 2 is 2.00 bits per heavy atom. The molecule has 2 rings (SSSR count). The molecule has 1 aromatic carbocycles. The minimum atomic E-state index is -0.402. The molecule has 2 atom stereocenters. The molecule has 1 aromatic rings. The van der Waals surface area contributed by atoms with Gasteiger partial charge in [-0.05, 0) is 43.4 Å². The minimum absolute atomic E-state index is 0.240. The Balaban J connectivity index is 2.21. The van der Waals surface area contributed by atoms with Gasteiger partial charge in [-0.1, -0.05) is 28.1 Å². The number of aliphatic hydroxyl groups is 1. The van der Waals surface area contributed by atoms with Crippen molar-refractivity contribution in [2.24, 2.45) is 5.92 Å². The molecular formula is C14H19BrO2. The number of aliphatic hydroxyl groups excluding tert-OH is 1. The summed E-state index contributed by atoms with van der Waals surface area (Å²) in [6, 6.07) is 4.13. The zero-order valence-corrected chi connectivity index (χ0v) is 12.0. The number of hydrogen-bond acceptors (Lipinski definition) is 2. The van der Waals surface area contributed by atoms with Gasteiger partial charge in [0.05, 0.1) is 12.7 Å². The van der Waals surface area contributed by atoms with Crippen molar-refractivity contribution in [3.05, 3.63) is 33.3 Å². The molecule has 1 saturated heterocycles. The molecule has 2 nitrogen and oxygen atoms in total. The van der Waals surface area contributed by atoms with Crippen molar-refractivity contribution < 1.29 is 9.84 Å². The number of aryl methyl sites for hydroxylation is 2. The molecule has 1 heterocycles. The normalized spacial score (nSPS) is 22.5. The van der Waals surface area contributed by atoms with Crippen molar-refractivity contribution in [3.8, 4) is 0 Å². The lowest BCUT2D eigenvalue weighted by Crippen LogP contribution is -2.23. The largest absolute Gasteiger partial charge is 0.388 e. The second kappa shape index (κ2) is 5.51. The number of hydrogen-bond donors (Lipinski definition) is 1. The van der Waals surface area contributed by atoms with Gasteiger partial charge in [-0.3, -0.25) is 0 Å². The molecule has 0 bridgehead atoms. The van der Waals surface area contributed by atoms with Gasteiger partial charge in [-0.25, -0.2) is 0 Å². The molecular weight excluding hydrogens is 280 g/mol. The van der Waals surface area contributed by atoms with Crippen LogP contribution in [0.4, 0.5) is 0 Å². The summed E-state index contributed by atoms with van der Waals surface area (Å²) in [4.78, 5) is 0. The number of halogens is 1. The third-order valence-electron chi connectivity index (χ3n) is 3.44. The quantitative estimate of drug-likeness (QED) is 0.905. The Hall–Kier alpha value is -0.380. The molecule has 0 spiro atoms. The van der Waals surface area contributed by atoms with Crippen LogP contribution in [-0.2, 0) is 4.74 Å². The second-order valence-electron chi connectivity index (χ2n) is 4.89. The highest BCUT2D eigenvalue weighted by Gasteiger charge is 2.24. The number of ether oxygens (including phenoxy) is 1. The Morgan fingerprint density at radius 3 is 2.53 bits per heavy atom. The fraction of sp³-hybridized carbons (Fsp3) is 0.571. The Morgan fingerprint density at radius 1 is 1.35 bits per heavy atom. The van der Waals surface area contributed by atoms with Crippen LogP contribution in [0.15, 0.2) is 16.6 Å². The summed E-state index contributed by atoms with van der Waals surface area (Å²) in [5.74, 6) is 0.240. The van der Waals surface area contributed by atoms with Crippen molar-refractivity contribution in [1.82, 2.24) is 0 Å². The van der Waals surface area contributed by atoms with Crippen LogP contribution in [0.3, 0.4) is 0 Å². The van der Waals surface area contributed by atoms with E-state index in [1.807, 2.05) is 0 Å². The third kappa shape index (κ3) is 2.90. The molecule has 3 heteroatoms. The van der Waals surface area contributed by atoms with E-state index in [4.69, 9.17) is 4.74 Å². The van der Waals surface area contributed by atoms with E-state index in [9.17, 15) is 5.11 Å². The maximum Gasteiger partial charge on any atom is 0.0840 e. The SMILES string of the molecule is Cc1cc(C(O)C2CCCOC2)cc(C)c1Br. The standard InChI is InChI=1S/C14H19BrO2/c1-9-6-12(7-10(2)13(9)15)14(16)11-4-3-5-17-8-11/h6-7,11,14,16H,3-5,8H2,1-2H3. The summed E-state index contributed by atoms with van der Waals surface area (Å²) in [6.45, 7) is 5.63. The first kappa shape index (κ1) is 13.1. The molecule has 1 aliphatic rings. The smallest absolute Gasteiger partial charge is 0.0840 e. The van der Waals surface area contributed by atoms with E-state index in [1.165, 1.54) is 11.1 Å². The molecule has 0 radical (unpaired) electrons. The summed E-state index contributed by atoms with van der Waals surface area (Å²) in [5.41, 5.74) is 3.37. The number of benzene rings is 1. The van der Waals surface area contributed by atoms with Gasteiger partial charge >= 0.3 is 0 Å². The number of rotatable bonds is 2. The zero-order valence-electron chi connectivity index (χ0n) is 10.4. The highest BCUT2D eigenvalue weighted by atomic mass is 79.9. The summed E-state index contributed by atoms with van der Waals surface area (Å²) in [6.07, 6.45) is 1.70. The van der Waals surface area contributed by atoms with Crippen molar-refractivity contribution in [3.63, 3.8) is 0 Å². The van der Waals surface area contributed by atoms with Gasteiger partial charge in [0.2, 0.25) is 0 Å². The first-order chi connectivity index (χ1) is 8.09. The first-order valence-electron chi connectivity index (χ1n) is 6.12. The van der Waals surface area contributed by atoms with E-state index in [0.717, 1.165) is 29.5 Å². The molecule has 0 amide bonds. The molecule has 2 unspecified atom stereocenters. The first-order valence-corrected chi connectivity index (χ1v) is 6.91.